The molecule has 0 saturated heterocycles. The van der Waals surface area contributed by atoms with E-state index in [2.05, 4.69) is 70.6 Å². The van der Waals surface area contributed by atoms with Crippen LogP contribution < -0.4 is 16.0 Å². The highest BCUT2D eigenvalue weighted by atomic mass is 32.1. The van der Waals surface area contributed by atoms with Crippen LogP contribution in [-0.2, 0) is 22.7 Å². The van der Waals surface area contributed by atoms with E-state index >= 15 is 0 Å². The Morgan fingerprint density at radius 2 is 1.89 bits per heavy atom. The highest BCUT2D eigenvalue weighted by Gasteiger charge is 2.26. The predicted molar refractivity (Wildman–Crippen MR) is 186 cm³/mol. The Labute approximate surface area is 271 Å². The molecule has 1 aliphatic rings. The average molecular weight is 650 g/mol. The van der Waals surface area contributed by atoms with Crippen LogP contribution in [0.15, 0.2) is 47.3 Å². The van der Waals surface area contributed by atoms with Crippen LogP contribution in [0.1, 0.15) is 52.0 Å². The highest BCUT2D eigenvalue weighted by molar-refractivity contribution is 7.07. The van der Waals surface area contributed by atoms with Gasteiger partial charge in [0.15, 0.2) is 5.65 Å². The number of anilines is 2. The second-order valence-electron chi connectivity index (χ2n) is 14.0. The van der Waals surface area contributed by atoms with Crippen LogP contribution in [0.3, 0.4) is 0 Å². The monoisotopic (exact) mass is 649 g/mol. The van der Waals surface area contributed by atoms with Crippen molar-refractivity contribution in [2.24, 2.45) is 0 Å². The second-order valence-corrected chi connectivity index (χ2v) is 20.4. The number of fused-ring (bicyclic) bond motifs is 1. The summed E-state index contributed by atoms with van der Waals surface area (Å²) in [6.45, 7) is 14.5. The Kier molecular flexibility index (Phi) is 10.5. The first-order chi connectivity index (χ1) is 21.4. The summed E-state index contributed by atoms with van der Waals surface area (Å²) in [5, 5.41) is 20.2. The van der Waals surface area contributed by atoms with E-state index in [-0.39, 0.29) is 18.2 Å². The number of rotatable bonds is 12. The van der Waals surface area contributed by atoms with Crippen molar-refractivity contribution in [1.29, 1.82) is 0 Å². The molecule has 5 rings (SSSR count). The molecule has 0 radical (unpaired) electrons. The molecular weight excluding hydrogens is 603 g/mol. The number of nitrogens with one attached hydrogen (secondary N) is 3. The quantitative estimate of drug-likeness (QED) is 0.106. The number of hydrogen-bond donors (Lipinski definition) is 3. The molecule has 3 aromatic heterocycles. The van der Waals surface area contributed by atoms with Gasteiger partial charge in [-0.25, -0.2) is 14.5 Å². The van der Waals surface area contributed by atoms with Crippen molar-refractivity contribution in [3.05, 3.63) is 52.9 Å². The van der Waals surface area contributed by atoms with E-state index in [1.165, 1.54) is 5.56 Å². The van der Waals surface area contributed by atoms with E-state index in [1.807, 2.05) is 37.7 Å². The summed E-state index contributed by atoms with van der Waals surface area (Å²) in [5.74, 6) is 0.576. The SMILES string of the molecule is CC(C)(C)OC(=O)NC1CCC(Nc2ncc3c(-c4cccc(NCc5ccsc5)c4)nn(COCC[Si](C)(C)C)c3n2)CC1. The highest BCUT2D eigenvalue weighted by Crippen LogP contribution is 2.30. The molecule has 1 aliphatic carbocycles. The summed E-state index contributed by atoms with van der Waals surface area (Å²) in [6, 6.07) is 11.9. The lowest BCUT2D eigenvalue weighted by atomic mass is 9.91. The van der Waals surface area contributed by atoms with Gasteiger partial charge in [0, 0.05) is 50.8 Å². The molecule has 1 amide bonds. The summed E-state index contributed by atoms with van der Waals surface area (Å²) in [7, 11) is -1.22. The van der Waals surface area contributed by atoms with Crippen molar-refractivity contribution < 1.29 is 14.3 Å². The van der Waals surface area contributed by atoms with Gasteiger partial charge in [0.05, 0.1) is 5.39 Å². The zero-order valence-corrected chi connectivity index (χ0v) is 29.2. The Balaban J connectivity index is 1.30. The standard InChI is InChI=1S/C33H47N7O3SSi/c1-33(2,3)43-32(41)37-26-12-10-25(11-13-26)36-31-35-20-28-29(39-40(30(28)38-31)22-42-15-17-45(4,5)6)24-8-7-9-27(18-24)34-19-23-14-16-44-21-23/h7-9,14,16,18,20-21,25-26,34H,10-13,15,17,19,22H2,1-6H3,(H,37,41)(H,35,36,38). The normalized spacial score (nSPS) is 17.3. The van der Waals surface area contributed by atoms with E-state index in [0.29, 0.717) is 19.3 Å². The molecule has 12 heteroatoms. The summed E-state index contributed by atoms with van der Waals surface area (Å²) in [6.07, 6.45) is 5.04. The van der Waals surface area contributed by atoms with Crippen LogP contribution in [0, 0.1) is 0 Å². The molecule has 242 valence electrons. The van der Waals surface area contributed by atoms with Gasteiger partial charge in [-0.05, 0) is 87.0 Å². The fourth-order valence-corrected chi connectivity index (χ4v) is 6.70. The van der Waals surface area contributed by atoms with E-state index in [0.717, 1.165) is 66.3 Å². The Morgan fingerprint density at radius 3 is 2.60 bits per heavy atom. The summed E-state index contributed by atoms with van der Waals surface area (Å²) >= 11 is 1.70. The van der Waals surface area contributed by atoms with Gasteiger partial charge in [-0.2, -0.15) is 21.4 Å². The number of carbonyl (C=O) groups excluding carboxylic acids is 1. The maximum absolute atomic E-state index is 12.2. The molecule has 0 bridgehead atoms. The van der Waals surface area contributed by atoms with E-state index in [1.54, 1.807) is 11.3 Å². The molecular formula is C33H47N7O3SSi. The zero-order chi connectivity index (χ0) is 32.0. The lowest BCUT2D eigenvalue weighted by Crippen LogP contribution is -2.42. The first-order valence-electron chi connectivity index (χ1n) is 15.8. The van der Waals surface area contributed by atoms with Gasteiger partial charge in [0.25, 0.3) is 0 Å². The van der Waals surface area contributed by atoms with Crippen LogP contribution in [-0.4, -0.2) is 58.2 Å². The smallest absolute Gasteiger partial charge is 0.407 e. The lowest BCUT2D eigenvalue weighted by Gasteiger charge is -2.30. The van der Waals surface area contributed by atoms with Gasteiger partial charge >= 0.3 is 6.09 Å². The molecule has 0 aliphatic heterocycles. The maximum atomic E-state index is 12.2. The molecule has 4 aromatic rings. The number of nitrogens with zero attached hydrogens (tertiary/aromatic N) is 4. The lowest BCUT2D eigenvalue weighted by molar-refractivity contribution is 0.0492. The minimum atomic E-state index is -1.22. The Morgan fingerprint density at radius 1 is 1.11 bits per heavy atom. The third-order valence-electron chi connectivity index (χ3n) is 7.69. The van der Waals surface area contributed by atoms with E-state index < -0.39 is 13.7 Å². The van der Waals surface area contributed by atoms with Gasteiger partial charge in [-0.15, -0.1) is 0 Å². The van der Waals surface area contributed by atoms with Crippen LogP contribution in [0.5, 0.6) is 0 Å². The third-order valence-corrected chi connectivity index (χ3v) is 10.1. The van der Waals surface area contributed by atoms with Gasteiger partial charge in [-0.3, -0.25) is 0 Å². The molecule has 0 unspecified atom stereocenters. The van der Waals surface area contributed by atoms with Crippen molar-refractivity contribution in [3.8, 4) is 11.3 Å². The number of amides is 1. The Hall–Kier alpha value is -3.48. The summed E-state index contributed by atoms with van der Waals surface area (Å²) in [5.41, 5.74) is 4.36. The van der Waals surface area contributed by atoms with Crippen LogP contribution >= 0.6 is 11.3 Å². The molecule has 10 nitrogen and oxygen atoms in total. The van der Waals surface area contributed by atoms with Crippen molar-refractivity contribution in [2.45, 2.75) is 103 Å². The van der Waals surface area contributed by atoms with Gasteiger partial charge in [0.1, 0.15) is 18.0 Å². The van der Waals surface area contributed by atoms with Crippen molar-refractivity contribution in [2.75, 3.05) is 17.2 Å². The fraction of sp³-hybridized carbons (Fsp3) is 0.515. The van der Waals surface area contributed by atoms with Gasteiger partial charge < -0.3 is 25.4 Å². The van der Waals surface area contributed by atoms with E-state index in [4.69, 9.17) is 24.5 Å². The molecule has 1 fully saturated rings. The first-order valence-corrected chi connectivity index (χ1v) is 20.5. The summed E-state index contributed by atoms with van der Waals surface area (Å²) < 4.78 is 13.4. The van der Waals surface area contributed by atoms with Crippen molar-refractivity contribution >= 4 is 48.2 Å². The second kappa shape index (κ2) is 14.3. The minimum absolute atomic E-state index is 0.106. The van der Waals surface area contributed by atoms with Gasteiger partial charge in [0.2, 0.25) is 5.95 Å². The fourth-order valence-electron chi connectivity index (χ4n) is 5.27. The summed E-state index contributed by atoms with van der Waals surface area (Å²) in [4.78, 5) is 21.9. The van der Waals surface area contributed by atoms with Crippen molar-refractivity contribution in [1.82, 2.24) is 25.1 Å². The third kappa shape index (κ3) is 9.75. The number of benzene rings is 1. The van der Waals surface area contributed by atoms with E-state index in [9.17, 15) is 4.79 Å². The molecule has 3 heterocycles. The first kappa shape index (κ1) is 32.9. The number of ether oxygens (including phenoxy) is 2. The van der Waals surface area contributed by atoms with Crippen LogP contribution in [0.2, 0.25) is 25.7 Å². The maximum Gasteiger partial charge on any atom is 0.407 e. The van der Waals surface area contributed by atoms with Crippen molar-refractivity contribution in [3.63, 3.8) is 0 Å². The molecule has 45 heavy (non-hydrogen) atoms. The largest absolute Gasteiger partial charge is 0.444 e. The molecule has 1 aromatic carbocycles. The average Bonchev–Trinajstić information content (AvgIpc) is 3.62. The minimum Gasteiger partial charge on any atom is -0.444 e. The molecule has 0 spiro atoms. The molecule has 3 N–H and O–H groups in total. The number of thiophene rings is 1. The topological polar surface area (TPSA) is 115 Å². The number of aromatic nitrogens is 4. The number of alkyl carbamates (subject to hydrolysis) is 1. The predicted octanol–water partition coefficient (Wildman–Crippen LogP) is 7.73. The number of carbonyl (C=O) groups is 1. The van der Waals surface area contributed by atoms with Crippen LogP contribution in [0.4, 0.5) is 16.4 Å². The Bertz CT molecular complexity index is 1550. The van der Waals surface area contributed by atoms with Gasteiger partial charge in [-0.1, -0.05) is 31.8 Å². The van der Waals surface area contributed by atoms with Crippen LogP contribution in [0.25, 0.3) is 22.3 Å². The number of hydrogen-bond acceptors (Lipinski definition) is 9. The zero-order valence-electron chi connectivity index (χ0n) is 27.4. The molecule has 1 saturated carbocycles. The molecule has 0 atom stereocenters.